The number of aromatic nitrogens is 1. The van der Waals surface area contributed by atoms with E-state index in [1.54, 1.807) is 0 Å². The molecule has 0 saturated carbocycles. The van der Waals surface area contributed by atoms with Crippen molar-refractivity contribution in [2.75, 3.05) is 0 Å². The molecule has 3 nitrogen and oxygen atoms in total. The Bertz CT molecular complexity index is 519. The summed E-state index contributed by atoms with van der Waals surface area (Å²) in [6, 6.07) is 10.4. The second-order valence-corrected chi connectivity index (χ2v) is 4.17. The minimum Gasteiger partial charge on any atom is -0.361 e. The fourth-order valence-corrected chi connectivity index (χ4v) is 1.86. The van der Waals surface area contributed by atoms with E-state index in [-0.39, 0.29) is 6.04 Å². The van der Waals surface area contributed by atoms with Crippen molar-refractivity contribution in [2.45, 2.75) is 25.9 Å². The van der Waals surface area contributed by atoms with Gasteiger partial charge in [-0.2, -0.15) is 5.26 Å². The minimum atomic E-state index is -0.254. The topological polar surface area (TPSA) is 51.6 Å². The molecule has 1 aromatic heterocycles. The zero-order chi connectivity index (χ0) is 11.5. The number of nitrogens with zero attached hydrogens (tertiary/aromatic N) is 1. The molecule has 0 fully saturated rings. The lowest BCUT2D eigenvalue weighted by Gasteiger charge is -2.13. The number of hydrogen-bond donors (Lipinski definition) is 2. The van der Waals surface area contributed by atoms with E-state index in [1.807, 2.05) is 44.3 Å². The van der Waals surface area contributed by atoms with Crippen LogP contribution in [0, 0.1) is 11.3 Å². The Kier molecular flexibility index (Phi) is 2.93. The van der Waals surface area contributed by atoms with E-state index in [9.17, 15) is 5.26 Å². The first-order valence-corrected chi connectivity index (χ1v) is 5.44. The van der Waals surface area contributed by atoms with Crippen LogP contribution in [0.3, 0.4) is 0 Å². The van der Waals surface area contributed by atoms with Crippen molar-refractivity contribution in [1.29, 1.82) is 5.26 Å². The lowest BCUT2D eigenvalue weighted by Crippen LogP contribution is -2.26. The number of aromatic amines is 1. The van der Waals surface area contributed by atoms with Gasteiger partial charge in [-0.3, -0.25) is 5.32 Å². The third kappa shape index (κ3) is 1.93. The minimum absolute atomic E-state index is 0.254. The SMILES string of the molecule is CC(C)NC(C#N)c1c[nH]c2ccccc12. The van der Waals surface area contributed by atoms with Gasteiger partial charge in [-0.05, 0) is 19.9 Å². The summed E-state index contributed by atoms with van der Waals surface area (Å²) in [5.41, 5.74) is 2.09. The van der Waals surface area contributed by atoms with Crippen molar-refractivity contribution in [3.63, 3.8) is 0 Å². The Morgan fingerprint density at radius 2 is 2.06 bits per heavy atom. The van der Waals surface area contributed by atoms with E-state index in [0.717, 1.165) is 16.5 Å². The summed E-state index contributed by atoms with van der Waals surface area (Å²) < 4.78 is 0. The number of para-hydroxylation sites is 1. The second kappa shape index (κ2) is 4.38. The zero-order valence-corrected chi connectivity index (χ0v) is 9.49. The molecule has 0 amide bonds. The molecule has 0 saturated heterocycles. The fourth-order valence-electron chi connectivity index (χ4n) is 1.86. The molecule has 0 aliphatic rings. The van der Waals surface area contributed by atoms with Crippen LogP contribution in [0.2, 0.25) is 0 Å². The van der Waals surface area contributed by atoms with Gasteiger partial charge in [-0.25, -0.2) is 0 Å². The molecule has 0 bridgehead atoms. The van der Waals surface area contributed by atoms with E-state index in [2.05, 4.69) is 16.4 Å². The van der Waals surface area contributed by atoms with Crippen LogP contribution in [0.15, 0.2) is 30.5 Å². The number of nitriles is 1. The Hall–Kier alpha value is -1.79. The van der Waals surface area contributed by atoms with Gasteiger partial charge in [0.15, 0.2) is 0 Å². The molecule has 2 N–H and O–H groups in total. The molecule has 82 valence electrons. The Morgan fingerprint density at radius 3 is 2.75 bits per heavy atom. The highest BCUT2D eigenvalue weighted by Crippen LogP contribution is 2.23. The summed E-state index contributed by atoms with van der Waals surface area (Å²) in [5, 5.41) is 13.5. The fraction of sp³-hybridized carbons (Fsp3) is 0.308. The number of fused-ring (bicyclic) bond motifs is 1. The molecule has 1 unspecified atom stereocenters. The lowest BCUT2D eigenvalue weighted by atomic mass is 10.1. The maximum Gasteiger partial charge on any atom is 0.123 e. The Balaban J connectivity index is 2.42. The number of rotatable bonds is 3. The maximum absolute atomic E-state index is 9.18. The van der Waals surface area contributed by atoms with Gasteiger partial charge in [0.05, 0.1) is 6.07 Å². The van der Waals surface area contributed by atoms with Crippen LogP contribution in [0.4, 0.5) is 0 Å². The van der Waals surface area contributed by atoms with E-state index in [1.165, 1.54) is 0 Å². The van der Waals surface area contributed by atoms with Crippen LogP contribution in [-0.2, 0) is 0 Å². The molecular formula is C13H15N3. The third-order valence-corrected chi connectivity index (χ3v) is 2.56. The van der Waals surface area contributed by atoms with Crippen LogP contribution in [0.1, 0.15) is 25.5 Å². The molecule has 16 heavy (non-hydrogen) atoms. The molecule has 1 atom stereocenters. The van der Waals surface area contributed by atoms with Crippen LogP contribution >= 0.6 is 0 Å². The van der Waals surface area contributed by atoms with Gasteiger partial charge in [0.1, 0.15) is 6.04 Å². The van der Waals surface area contributed by atoms with Crippen molar-refractivity contribution >= 4 is 10.9 Å². The molecule has 0 aliphatic carbocycles. The van der Waals surface area contributed by atoms with Crippen molar-refractivity contribution < 1.29 is 0 Å². The standard InChI is InChI=1S/C13H15N3/c1-9(2)16-13(7-14)11-8-15-12-6-4-3-5-10(11)12/h3-6,8-9,13,15-16H,1-2H3. The van der Waals surface area contributed by atoms with E-state index in [4.69, 9.17) is 0 Å². The summed E-state index contributed by atoms with van der Waals surface area (Å²) in [4.78, 5) is 3.19. The number of benzene rings is 1. The summed E-state index contributed by atoms with van der Waals surface area (Å²) in [6.45, 7) is 4.08. The maximum atomic E-state index is 9.18. The van der Waals surface area contributed by atoms with Crippen molar-refractivity contribution in [3.8, 4) is 6.07 Å². The van der Waals surface area contributed by atoms with E-state index < -0.39 is 0 Å². The highest BCUT2D eigenvalue weighted by atomic mass is 14.9. The first-order valence-electron chi connectivity index (χ1n) is 5.44. The number of H-pyrrole nitrogens is 1. The highest BCUT2D eigenvalue weighted by molar-refractivity contribution is 5.83. The Labute approximate surface area is 95.1 Å². The molecule has 1 aromatic carbocycles. The van der Waals surface area contributed by atoms with Crippen LogP contribution in [-0.4, -0.2) is 11.0 Å². The first kappa shape index (κ1) is 10.7. The van der Waals surface area contributed by atoms with Crippen molar-refractivity contribution in [3.05, 3.63) is 36.0 Å². The van der Waals surface area contributed by atoms with Gasteiger partial charge in [-0.1, -0.05) is 18.2 Å². The van der Waals surface area contributed by atoms with E-state index in [0.29, 0.717) is 6.04 Å². The monoisotopic (exact) mass is 213 g/mol. The predicted octanol–water partition coefficient (Wildman–Crippen LogP) is 2.73. The summed E-state index contributed by atoms with van der Waals surface area (Å²) in [7, 11) is 0. The van der Waals surface area contributed by atoms with Gasteiger partial charge in [0, 0.05) is 28.7 Å². The van der Waals surface area contributed by atoms with Crippen molar-refractivity contribution in [1.82, 2.24) is 10.3 Å². The summed E-state index contributed by atoms with van der Waals surface area (Å²) >= 11 is 0. The molecule has 3 heteroatoms. The normalized spacial score (nSPS) is 12.9. The van der Waals surface area contributed by atoms with Crippen molar-refractivity contribution in [2.24, 2.45) is 0 Å². The third-order valence-electron chi connectivity index (χ3n) is 2.56. The Morgan fingerprint density at radius 1 is 1.31 bits per heavy atom. The molecular weight excluding hydrogens is 198 g/mol. The smallest absolute Gasteiger partial charge is 0.123 e. The largest absolute Gasteiger partial charge is 0.361 e. The molecule has 2 rings (SSSR count). The second-order valence-electron chi connectivity index (χ2n) is 4.17. The molecule has 1 heterocycles. The van der Waals surface area contributed by atoms with Crippen LogP contribution in [0.25, 0.3) is 10.9 Å². The van der Waals surface area contributed by atoms with Gasteiger partial charge in [0.2, 0.25) is 0 Å². The molecule has 2 aromatic rings. The average Bonchev–Trinajstić information content (AvgIpc) is 2.69. The van der Waals surface area contributed by atoms with Crippen LogP contribution in [0.5, 0.6) is 0 Å². The quantitative estimate of drug-likeness (QED) is 0.823. The van der Waals surface area contributed by atoms with Crippen LogP contribution < -0.4 is 5.32 Å². The highest BCUT2D eigenvalue weighted by Gasteiger charge is 2.15. The average molecular weight is 213 g/mol. The number of hydrogen-bond acceptors (Lipinski definition) is 2. The summed E-state index contributed by atoms with van der Waals surface area (Å²) in [5.74, 6) is 0. The molecule has 0 spiro atoms. The van der Waals surface area contributed by atoms with E-state index >= 15 is 0 Å². The summed E-state index contributed by atoms with van der Waals surface area (Å²) in [6.07, 6.45) is 1.91. The van der Waals surface area contributed by atoms with Gasteiger partial charge in [0.25, 0.3) is 0 Å². The van der Waals surface area contributed by atoms with Gasteiger partial charge < -0.3 is 4.98 Å². The molecule has 0 aliphatic heterocycles. The predicted molar refractivity (Wildman–Crippen MR) is 64.9 cm³/mol. The first-order chi connectivity index (χ1) is 7.72. The number of nitrogens with one attached hydrogen (secondary N) is 2. The lowest BCUT2D eigenvalue weighted by molar-refractivity contribution is 0.548. The zero-order valence-electron chi connectivity index (χ0n) is 9.49. The molecule has 0 radical (unpaired) electrons. The van der Waals surface area contributed by atoms with Gasteiger partial charge >= 0.3 is 0 Å². The van der Waals surface area contributed by atoms with Gasteiger partial charge in [-0.15, -0.1) is 0 Å².